The van der Waals surface area contributed by atoms with E-state index in [9.17, 15) is 34.0 Å². The predicted molar refractivity (Wildman–Crippen MR) is 306 cm³/mol. The minimum atomic E-state index is -1.97. The first kappa shape index (κ1) is 66.4. The van der Waals surface area contributed by atoms with E-state index in [0.717, 1.165) is 44.5 Å². The molecule has 450 valence electrons. The van der Waals surface area contributed by atoms with Crippen LogP contribution in [0.25, 0.3) is 0 Å². The Kier molecular flexibility index (Phi) is 23.0. The molecule has 0 aliphatic carbocycles. The molecule has 2 saturated heterocycles. The molecular weight excluding hydrogens is 1300 g/mol. The van der Waals surface area contributed by atoms with Gasteiger partial charge in [0.25, 0.3) is 5.56 Å². The lowest BCUT2D eigenvalue weighted by atomic mass is 9.97. The van der Waals surface area contributed by atoms with Crippen LogP contribution >= 0.6 is 104 Å². The maximum absolute atomic E-state index is 14.7. The average Bonchev–Trinajstić information content (AvgIpc) is 2.02. The maximum Gasteiger partial charge on any atom is 0.335 e. The highest BCUT2D eigenvalue weighted by molar-refractivity contribution is 6.40. The van der Waals surface area contributed by atoms with Crippen molar-refractivity contribution in [2.75, 3.05) is 27.9 Å². The van der Waals surface area contributed by atoms with Crippen molar-refractivity contribution in [3.63, 3.8) is 0 Å². The SMILES string of the molecule is COc1cc(Cl)c(C(OC[C@H]2O[C@H](O[C@@H](C#N)[C@H]3O[C@@H](n4ccc(=O)n(COC(c5c(Cl)cc(Cl)cc5Cl)c5c(Cl)cc(OC)cc5Cl)c4=O)[C@H](OC(C)=O)[C@@H]3OC)[C@@H](OC(C)=O)[C@@H](OC(C)=O)[C@@H]2OC(C)=O)c2ccc(Cl)cc2Cl)c(Cl)c1. The molecule has 0 saturated carbocycles. The van der Waals surface area contributed by atoms with Gasteiger partial charge in [-0.2, -0.15) is 5.26 Å². The molecule has 84 heavy (non-hydrogen) atoms. The zero-order valence-corrected chi connectivity index (χ0v) is 51.6. The van der Waals surface area contributed by atoms with Crippen molar-refractivity contribution >= 4 is 128 Å². The second-order valence-corrected chi connectivity index (χ2v) is 22.1. The van der Waals surface area contributed by atoms with Crippen molar-refractivity contribution < 1.29 is 76.0 Å². The number of hydrogen-bond acceptors (Lipinski definition) is 19. The fourth-order valence-electron chi connectivity index (χ4n) is 9.34. The second kappa shape index (κ2) is 29.1. The van der Waals surface area contributed by atoms with E-state index >= 15 is 0 Å². The third-order valence-electron chi connectivity index (χ3n) is 12.8. The average molecular weight is 1350 g/mol. The van der Waals surface area contributed by atoms with Gasteiger partial charge in [0.15, 0.2) is 36.7 Å². The van der Waals surface area contributed by atoms with Crippen LogP contribution in [0, 0.1) is 11.3 Å². The summed E-state index contributed by atoms with van der Waals surface area (Å²) < 4.78 is 72.8. The fourth-order valence-corrected chi connectivity index (χ4v) is 12.2. The predicted octanol–water partition coefficient (Wildman–Crippen LogP) is 10.8. The number of rotatable bonds is 21. The van der Waals surface area contributed by atoms with E-state index in [2.05, 4.69) is 0 Å². The van der Waals surface area contributed by atoms with Crippen molar-refractivity contribution in [2.45, 2.75) is 108 Å². The molecule has 3 heterocycles. The lowest BCUT2D eigenvalue weighted by Crippen LogP contribution is -2.63. The zero-order chi connectivity index (χ0) is 61.6. The largest absolute Gasteiger partial charge is 0.497 e. The Balaban J connectivity index is 1.27. The molecule has 2 fully saturated rings. The third kappa shape index (κ3) is 15.2. The molecule has 2 unspecified atom stereocenters. The molecule has 5 aromatic rings. The van der Waals surface area contributed by atoms with Crippen LogP contribution in [0.5, 0.6) is 11.5 Å². The van der Waals surface area contributed by atoms with Crippen LogP contribution in [0.2, 0.25) is 45.2 Å². The van der Waals surface area contributed by atoms with Crippen LogP contribution in [0.3, 0.4) is 0 Å². The van der Waals surface area contributed by atoms with Crippen LogP contribution in [0.15, 0.2) is 76.4 Å². The molecule has 0 N–H and O–H groups in total. The second-order valence-electron chi connectivity index (χ2n) is 18.3. The summed E-state index contributed by atoms with van der Waals surface area (Å²) in [5, 5.41) is 11.7. The van der Waals surface area contributed by atoms with Crippen LogP contribution in [0.4, 0.5) is 0 Å². The Bertz CT molecular complexity index is 3400. The normalized spacial score (nSPS) is 22.2. The molecule has 1 aromatic heterocycles. The third-order valence-corrected chi connectivity index (χ3v) is 15.5. The number of esters is 4. The number of hydrogen-bond donors (Lipinski definition) is 0. The molecular formula is C54H48Cl9N3O18. The number of methoxy groups -OCH3 is 3. The molecule has 0 spiro atoms. The highest BCUT2D eigenvalue weighted by atomic mass is 35.5. The van der Waals surface area contributed by atoms with Gasteiger partial charge >= 0.3 is 29.6 Å². The molecule has 7 rings (SSSR count). The van der Waals surface area contributed by atoms with Crippen molar-refractivity contribution in [3.8, 4) is 17.6 Å². The number of halogens is 9. The van der Waals surface area contributed by atoms with Crippen molar-refractivity contribution in [1.29, 1.82) is 5.26 Å². The minimum absolute atomic E-state index is 0.00543. The summed E-state index contributed by atoms with van der Waals surface area (Å²) in [6.07, 6.45) is -18.8. The van der Waals surface area contributed by atoms with E-state index < -0.39 is 122 Å². The van der Waals surface area contributed by atoms with E-state index in [-0.39, 0.29) is 73.2 Å². The van der Waals surface area contributed by atoms with E-state index in [0.29, 0.717) is 10.3 Å². The Hall–Kier alpha value is -5.10. The van der Waals surface area contributed by atoms with E-state index in [4.69, 9.17) is 161 Å². The number of carbonyl (C=O) groups excluding carboxylic acids is 4. The Labute approximate surface area is 523 Å². The summed E-state index contributed by atoms with van der Waals surface area (Å²) >= 11 is 59.8. The summed E-state index contributed by atoms with van der Waals surface area (Å²) in [4.78, 5) is 80.1. The summed E-state index contributed by atoms with van der Waals surface area (Å²) in [6.45, 7) is 2.65. The highest BCUT2D eigenvalue weighted by Crippen LogP contribution is 2.46. The molecule has 0 bridgehead atoms. The standard InChI is InChI=1S/C54H48Cl9N3O18/c1-22(67)78-46-39(20-76-44(30-9-8-26(55)12-31(30)57)41-34(60)15-28(73-5)16-35(41)61)83-53(51(81-25(4)70)49(46)79-23(2)68)82-38(19-64)45-48(75-7)50(80-24(3)69)52(84-45)65-11-10-40(71)66(54(65)72)21-77-47(42-32(58)13-27(56)14-33(42)59)43-36(62)17-29(74-6)18-37(43)63/h8-18,38-39,44-53H,20-21H2,1-7H3/t38-,39+,44?,45+,46+,47?,48+,49-,50+,51-,52+,53-/m0/s1. The minimum Gasteiger partial charge on any atom is -0.497 e. The van der Waals surface area contributed by atoms with Crippen LogP contribution < -0.4 is 20.7 Å². The Morgan fingerprint density at radius 1 is 0.583 bits per heavy atom. The van der Waals surface area contributed by atoms with Crippen LogP contribution in [-0.2, 0) is 73.3 Å². The van der Waals surface area contributed by atoms with Gasteiger partial charge < -0.3 is 56.8 Å². The molecule has 21 nitrogen and oxygen atoms in total. The molecule has 12 atom stereocenters. The maximum atomic E-state index is 14.7. The summed E-state index contributed by atoms with van der Waals surface area (Å²) in [5.41, 5.74) is -1.38. The fraction of sp³-hybridized carbons (Fsp3) is 0.389. The van der Waals surface area contributed by atoms with Crippen LogP contribution in [-0.4, -0.2) is 116 Å². The van der Waals surface area contributed by atoms with Crippen LogP contribution in [0.1, 0.15) is 68.4 Å². The van der Waals surface area contributed by atoms with Gasteiger partial charge in [0.1, 0.15) is 48.7 Å². The van der Waals surface area contributed by atoms with E-state index in [1.807, 2.05) is 6.07 Å². The number of aromatic nitrogens is 2. The molecule has 0 amide bonds. The number of nitriles is 1. The van der Waals surface area contributed by atoms with Gasteiger partial charge in [0.2, 0.25) is 6.29 Å². The highest BCUT2D eigenvalue weighted by Gasteiger charge is 2.57. The summed E-state index contributed by atoms with van der Waals surface area (Å²) in [6, 6.07) is 16.0. The molecule has 0 radical (unpaired) electrons. The lowest BCUT2D eigenvalue weighted by molar-refractivity contribution is -0.321. The molecule has 4 aromatic carbocycles. The van der Waals surface area contributed by atoms with Gasteiger partial charge in [0, 0.05) is 94.4 Å². The van der Waals surface area contributed by atoms with Crippen molar-refractivity contribution in [1.82, 2.24) is 9.13 Å². The van der Waals surface area contributed by atoms with Gasteiger partial charge in [-0.15, -0.1) is 0 Å². The smallest absolute Gasteiger partial charge is 0.335 e. The first-order valence-electron chi connectivity index (χ1n) is 24.6. The van der Waals surface area contributed by atoms with Crippen molar-refractivity contribution in [3.05, 3.63) is 155 Å². The van der Waals surface area contributed by atoms with Gasteiger partial charge in [-0.05, 0) is 48.5 Å². The monoisotopic (exact) mass is 1340 g/mol. The molecule has 2 aliphatic heterocycles. The van der Waals surface area contributed by atoms with Gasteiger partial charge in [-0.25, -0.2) is 9.36 Å². The van der Waals surface area contributed by atoms with E-state index in [1.54, 1.807) is 6.07 Å². The Morgan fingerprint density at radius 2 is 1.07 bits per heavy atom. The topological polar surface area (TPSA) is 247 Å². The van der Waals surface area contributed by atoms with Gasteiger partial charge in [0.05, 0.1) is 47.0 Å². The number of benzene rings is 4. The quantitative estimate of drug-likeness (QED) is 0.0489. The summed E-state index contributed by atoms with van der Waals surface area (Å²) in [7, 11) is 3.96. The number of nitrogens with zero attached hydrogens (tertiary/aromatic N) is 3. The van der Waals surface area contributed by atoms with Crippen molar-refractivity contribution in [2.24, 2.45) is 0 Å². The first-order chi connectivity index (χ1) is 39.8. The lowest BCUT2D eigenvalue weighted by Gasteiger charge is -2.45. The van der Waals surface area contributed by atoms with Gasteiger partial charge in [-0.3, -0.25) is 28.5 Å². The number of ether oxygens (including phenoxy) is 12. The summed E-state index contributed by atoms with van der Waals surface area (Å²) in [5.74, 6) is -3.20. The first-order valence-corrected chi connectivity index (χ1v) is 28.0. The Morgan fingerprint density at radius 3 is 1.57 bits per heavy atom. The zero-order valence-electron chi connectivity index (χ0n) is 44.8. The molecule has 30 heteroatoms. The van der Waals surface area contributed by atoms with Gasteiger partial charge in [-0.1, -0.05) is 110 Å². The number of carbonyl (C=O) groups is 4. The van der Waals surface area contributed by atoms with E-state index in [1.165, 1.54) is 69.9 Å². The molecule has 2 aliphatic rings.